The maximum Gasteiger partial charge on any atom is 0.231 e. The van der Waals surface area contributed by atoms with Crippen LogP contribution in [0.1, 0.15) is 37.5 Å². The number of aryl methyl sites for hydroxylation is 2. The minimum atomic E-state index is -1.69. The first kappa shape index (κ1) is 25.9. The highest BCUT2D eigenvalue weighted by atomic mass is 28.3. The van der Waals surface area contributed by atoms with Gasteiger partial charge in [0.05, 0.1) is 19.3 Å². The van der Waals surface area contributed by atoms with Crippen LogP contribution in [0.25, 0.3) is 44.9 Å². The van der Waals surface area contributed by atoms with Gasteiger partial charge in [-0.1, -0.05) is 69.9 Å². The number of oxazole rings is 1. The van der Waals surface area contributed by atoms with E-state index in [-0.39, 0.29) is 11.2 Å². The van der Waals surface area contributed by atoms with Crippen LogP contribution < -0.4 is 5.19 Å². The summed E-state index contributed by atoms with van der Waals surface area (Å²) in [5, 5.41) is 12.2. The van der Waals surface area contributed by atoms with Gasteiger partial charge in [0.1, 0.15) is 11.3 Å². The molecule has 5 rings (SSSR count). The third-order valence-corrected chi connectivity index (χ3v) is 9.13. The average Bonchev–Trinajstić information content (AvgIpc) is 3.29. The normalized spacial score (nSPS) is 12.3. The van der Waals surface area contributed by atoms with E-state index in [4.69, 9.17) is 9.40 Å². The third-order valence-electron chi connectivity index (χ3n) is 7.11. The van der Waals surface area contributed by atoms with Gasteiger partial charge >= 0.3 is 0 Å². The quantitative estimate of drug-likeness (QED) is 0.242. The van der Waals surface area contributed by atoms with Crippen molar-refractivity contribution in [2.45, 2.75) is 59.7 Å². The van der Waals surface area contributed by atoms with E-state index in [1.807, 2.05) is 44.3 Å². The number of hydrogen-bond acceptors (Lipinski definition) is 4. The van der Waals surface area contributed by atoms with Gasteiger partial charge in [0.2, 0.25) is 5.89 Å². The lowest BCUT2D eigenvalue weighted by molar-refractivity contribution is 0.470. The smallest absolute Gasteiger partial charge is 0.231 e. The lowest BCUT2D eigenvalue weighted by atomic mass is 9.83. The van der Waals surface area contributed by atoms with E-state index in [0.29, 0.717) is 11.5 Å². The summed E-state index contributed by atoms with van der Waals surface area (Å²) in [6.45, 7) is 17.7. The van der Waals surface area contributed by atoms with Crippen molar-refractivity contribution in [1.29, 1.82) is 0 Å². The number of benzene rings is 3. The van der Waals surface area contributed by atoms with Crippen molar-refractivity contribution in [1.82, 2.24) is 9.97 Å². The molecule has 0 fully saturated rings. The van der Waals surface area contributed by atoms with Gasteiger partial charge in [0, 0.05) is 17.3 Å². The SMILES string of the molecule is Cc1cc(C)c(O)c(-c2nc3c(-c4cc(-c5ccccn5)cc(C(C)(C)C)c4)cc([Si](C)(C)C)cc3o2)c1. The number of fused-ring (bicyclic) bond motifs is 1. The van der Waals surface area contributed by atoms with Crippen LogP contribution in [0.5, 0.6) is 5.75 Å². The summed E-state index contributed by atoms with van der Waals surface area (Å²) in [5.74, 6) is 0.650. The van der Waals surface area contributed by atoms with Gasteiger partial charge in [0.15, 0.2) is 5.58 Å². The summed E-state index contributed by atoms with van der Waals surface area (Å²) in [5.41, 5.74) is 9.38. The molecule has 2 aromatic heterocycles. The number of aromatic hydroxyl groups is 1. The monoisotopic (exact) mass is 520 g/mol. The molecule has 0 atom stereocenters. The van der Waals surface area contributed by atoms with Crippen molar-refractivity contribution < 1.29 is 9.52 Å². The van der Waals surface area contributed by atoms with Crippen LogP contribution in [0.3, 0.4) is 0 Å². The Morgan fingerprint density at radius 3 is 2.24 bits per heavy atom. The van der Waals surface area contributed by atoms with Crippen molar-refractivity contribution in [3.8, 4) is 39.6 Å². The molecule has 0 aliphatic carbocycles. The van der Waals surface area contributed by atoms with Crippen LogP contribution >= 0.6 is 0 Å². The highest BCUT2D eigenvalue weighted by Gasteiger charge is 2.24. The average molecular weight is 521 g/mol. The van der Waals surface area contributed by atoms with E-state index in [9.17, 15) is 5.11 Å². The molecule has 38 heavy (non-hydrogen) atoms. The van der Waals surface area contributed by atoms with Crippen molar-refractivity contribution in [3.05, 3.63) is 83.6 Å². The number of aromatic nitrogens is 2. The summed E-state index contributed by atoms with van der Waals surface area (Å²) >= 11 is 0. The highest BCUT2D eigenvalue weighted by Crippen LogP contribution is 2.39. The van der Waals surface area contributed by atoms with Gasteiger partial charge in [0.25, 0.3) is 0 Å². The third kappa shape index (κ3) is 4.91. The Balaban J connectivity index is 1.82. The maximum atomic E-state index is 10.9. The Morgan fingerprint density at radius 2 is 1.58 bits per heavy atom. The van der Waals surface area contributed by atoms with Gasteiger partial charge in [-0.2, -0.15) is 0 Å². The fourth-order valence-corrected chi connectivity index (χ4v) is 5.96. The molecule has 0 saturated heterocycles. The molecule has 0 bridgehead atoms. The lowest BCUT2D eigenvalue weighted by Crippen LogP contribution is -2.37. The Bertz CT molecular complexity index is 1660. The second-order valence-electron chi connectivity index (χ2n) is 12.4. The molecule has 0 spiro atoms. The fourth-order valence-electron chi connectivity index (χ4n) is 4.82. The Labute approximate surface area is 226 Å². The first-order valence-corrected chi connectivity index (χ1v) is 16.6. The van der Waals surface area contributed by atoms with E-state index in [1.54, 1.807) is 0 Å². The number of hydrogen-bond donors (Lipinski definition) is 1. The van der Waals surface area contributed by atoms with Crippen LogP contribution in [0, 0.1) is 13.8 Å². The molecule has 3 aromatic carbocycles. The van der Waals surface area contributed by atoms with Crippen molar-refractivity contribution >= 4 is 24.4 Å². The molecular formula is C33H36N2O2Si. The molecule has 194 valence electrons. The topological polar surface area (TPSA) is 59.2 Å². The Hall–Kier alpha value is -3.70. The summed E-state index contributed by atoms with van der Waals surface area (Å²) in [4.78, 5) is 9.63. The van der Waals surface area contributed by atoms with Crippen molar-refractivity contribution in [2.75, 3.05) is 0 Å². The summed E-state index contributed by atoms with van der Waals surface area (Å²) in [7, 11) is -1.69. The lowest BCUT2D eigenvalue weighted by Gasteiger charge is -2.22. The van der Waals surface area contributed by atoms with Gasteiger partial charge in [-0.25, -0.2) is 4.98 Å². The zero-order valence-corrected chi connectivity index (χ0v) is 24.6. The van der Waals surface area contributed by atoms with E-state index < -0.39 is 8.07 Å². The zero-order chi connectivity index (χ0) is 27.4. The van der Waals surface area contributed by atoms with E-state index >= 15 is 0 Å². The maximum absolute atomic E-state index is 10.9. The fraction of sp³-hybridized carbons (Fsp3) is 0.273. The molecule has 0 aliphatic heterocycles. The van der Waals surface area contributed by atoms with E-state index in [2.05, 4.69) is 81.8 Å². The number of nitrogens with zero attached hydrogens (tertiary/aromatic N) is 2. The molecule has 5 aromatic rings. The van der Waals surface area contributed by atoms with Gasteiger partial charge < -0.3 is 9.52 Å². The molecule has 1 N–H and O–H groups in total. The number of rotatable bonds is 4. The first-order chi connectivity index (χ1) is 17.8. The minimum absolute atomic E-state index is 0.0467. The zero-order valence-electron chi connectivity index (χ0n) is 23.6. The van der Waals surface area contributed by atoms with Crippen LogP contribution in [-0.2, 0) is 5.41 Å². The van der Waals surface area contributed by atoms with Crippen molar-refractivity contribution in [2.24, 2.45) is 0 Å². The van der Waals surface area contributed by atoms with Crippen LogP contribution in [0.15, 0.2) is 71.3 Å². The predicted octanol–water partition coefficient (Wildman–Crippen LogP) is 8.39. The second kappa shape index (κ2) is 9.24. The molecule has 0 unspecified atom stereocenters. The van der Waals surface area contributed by atoms with Gasteiger partial charge in [-0.05, 0) is 77.9 Å². The molecule has 4 nitrogen and oxygen atoms in total. The molecular weight excluding hydrogens is 484 g/mol. The van der Waals surface area contributed by atoms with Gasteiger partial charge in [-0.15, -0.1) is 0 Å². The number of phenolic OH excluding ortho intramolecular Hbond substituents is 1. The molecule has 0 amide bonds. The van der Waals surface area contributed by atoms with Crippen LogP contribution in [-0.4, -0.2) is 23.1 Å². The largest absolute Gasteiger partial charge is 0.507 e. The minimum Gasteiger partial charge on any atom is -0.507 e. The Kier molecular flexibility index (Phi) is 6.31. The molecule has 0 saturated carbocycles. The van der Waals surface area contributed by atoms with Crippen LogP contribution in [0.4, 0.5) is 0 Å². The predicted molar refractivity (Wildman–Crippen MR) is 161 cm³/mol. The standard InChI is InChI=1S/C33H36N2O2Si/c1-20-13-21(2)31(36)27(14-20)32-35-30-26(18-25(38(6,7)8)19-29(30)37-32)22-15-23(28-11-9-10-12-34-28)17-24(16-22)33(3,4)5/h9-19,36H,1-8H3. The number of pyridine rings is 1. The van der Waals surface area contributed by atoms with Gasteiger partial charge in [-0.3, -0.25) is 4.98 Å². The first-order valence-electron chi connectivity index (χ1n) is 13.1. The molecule has 0 aliphatic rings. The number of phenols is 1. The van der Waals surface area contributed by atoms with Crippen LogP contribution in [0.2, 0.25) is 19.6 Å². The highest BCUT2D eigenvalue weighted by molar-refractivity contribution is 6.88. The summed E-state index contributed by atoms with van der Waals surface area (Å²) < 4.78 is 6.39. The molecule has 5 heteroatoms. The molecule has 2 heterocycles. The van der Waals surface area contributed by atoms with E-state index in [0.717, 1.165) is 44.6 Å². The summed E-state index contributed by atoms with van der Waals surface area (Å²) in [6, 6.07) is 21.1. The summed E-state index contributed by atoms with van der Waals surface area (Å²) in [6.07, 6.45) is 1.84. The second-order valence-corrected chi connectivity index (χ2v) is 17.5. The Morgan fingerprint density at radius 1 is 0.842 bits per heavy atom. The van der Waals surface area contributed by atoms with Crippen molar-refractivity contribution in [3.63, 3.8) is 0 Å². The molecule has 0 radical (unpaired) electrons. The van der Waals surface area contributed by atoms with E-state index in [1.165, 1.54) is 10.8 Å².